The summed E-state index contributed by atoms with van der Waals surface area (Å²) in [5.41, 5.74) is 16.9. The quantitative estimate of drug-likeness (QED) is 0.102. The Balaban J connectivity index is 3.24. The lowest BCUT2D eigenvalue weighted by atomic mass is 9.86. The number of benzene rings is 1. The van der Waals surface area contributed by atoms with E-state index in [4.69, 9.17) is 21.9 Å². The van der Waals surface area contributed by atoms with Crippen LogP contribution in [-0.2, 0) is 28.7 Å². The molecule has 4 atom stereocenters. The van der Waals surface area contributed by atoms with Gasteiger partial charge >= 0.3 is 5.97 Å². The minimum atomic E-state index is -2.07. The summed E-state index contributed by atoms with van der Waals surface area (Å²) < 4.78 is 5.32. The first-order valence-electron chi connectivity index (χ1n) is 14.9. The third-order valence-electron chi connectivity index (χ3n) is 6.81. The lowest BCUT2D eigenvalue weighted by molar-refractivity contribution is -0.156. The molecule has 240 valence electrons. The molecule has 1 rings (SSSR count). The van der Waals surface area contributed by atoms with E-state index in [1.165, 1.54) is 6.08 Å². The van der Waals surface area contributed by atoms with Gasteiger partial charge in [-0.3, -0.25) is 24.0 Å². The Morgan fingerprint density at radius 3 is 2.16 bits per heavy atom. The molecule has 0 saturated heterocycles. The van der Waals surface area contributed by atoms with Crippen molar-refractivity contribution in [3.63, 3.8) is 0 Å². The number of carbonyl (C=O) groups excluding carboxylic acids is 5. The summed E-state index contributed by atoms with van der Waals surface area (Å²) in [6, 6.07) is 4.44. The third kappa shape index (κ3) is 12.7. The molecular formula is C32H51N5O6. The lowest BCUT2D eigenvalue weighted by Crippen LogP contribution is -2.63. The zero-order chi connectivity index (χ0) is 33.0. The molecule has 0 saturated carbocycles. The summed E-state index contributed by atoms with van der Waals surface area (Å²) in [6.07, 6.45) is 4.03. The fourth-order valence-electron chi connectivity index (χ4n) is 4.37. The number of primary amides is 1. The van der Waals surface area contributed by atoms with Gasteiger partial charge < -0.3 is 32.6 Å². The zero-order valence-corrected chi connectivity index (χ0v) is 26.7. The van der Waals surface area contributed by atoms with Gasteiger partial charge in [-0.25, -0.2) is 0 Å². The fourth-order valence-corrected chi connectivity index (χ4v) is 4.37. The molecule has 0 bridgehead atoms. The Kier molecular flexibility index (Phi) is 14.7. The van der Waals surface area contributed by atoms with Gasteiger partial charge in [0.2, 0.25) is 17.7 Å². The molecule has 8 N–H and O–H groups in total. The molecule has 43 heavy (non-hydrogen) atoms. The summed E-state index contributed by atoms with van der Waals surface area (Å²) in [5, 5.41) is 5.26. The van der Waals surface area contributed by atoms with E-state index < -0.39 is 58.7 Å². The van der Waals surface area contributed by atoms with Crippen molar-refractivity contribution >= 4 is 35.6 Å². The number of nitrogens with one attached hydrogen (secondary N) is 2. The number of ketones is 1. The number of carbonyl (C=O) groups is 5. The molecule has 1 unspecified atom stereocenters. The molecule has 0 aliphatic heterocycles. The Morgan fingerprint density at radius 2 is 1.63 bits per heavy atom. The van der Waals surface area contributed by atoms with Crippen LogP contribution < -0.4 is 27.8 Å². The van der Waals surface area contributed by atoms with Crippen molar-refractivity contribution < 1.29 is 28.7 Å². The number of hydrogen-bond acceptors (Lipinski definition) is 8. The van der Waals surface area contributed by atoms with Crippen LogP contribution in [0.2, 0.25) is 0 Å². The van der Waals surface area contributed by atoms with Crippen molar-refractivity contribution in [2.24, 2.45) is 23.1 Å². The van der Waals surface area contributed by atoms with Crippen LogP contribution in [0.15, 0.2) is 30.3 Å². The normalized spacial score (nSPS) is 15.3. The third-order valence-corrected chi connectivity index (χ3v) is 6.81. The highest BCUT2D eigenvalue weighted by Gasteiger charge is 2.42. The highest BCUT2D eigenvalue weighted by molar-refractivity contribution is 6.16. The predicted octanol–water partition coefficient (Wildman–Crippen LogP) is 2.42. The maximum atomic E-state index is 13.7. The van der Waals surface area contributed by atoms with Crippen molar-refractivity contribution in [2.75, 3.05) is 0 Å². The molecule has 0 spiro atoms. The van der Waals surface area contributed by atoms with E-state index >= 15 is 0 Å². The Hall–Kier alpha value is -3.57. The molecule has 0 aliphatic carbocycles. The summed E-state index contributed by atoms with van der Waals surface area (Å²) in [5.74, 6) is -3.34. The van der Waals surface area contributed by atoms with Crippen molar-refractivity contribution in [3.8, 4) is 0 Å². The monoisotopic (exact) mass is 601 g/mol. The predicted molar refractivity (Wildman–Crippen MR) is 167 cm³/mol. The van der Waals surface area contributed by atoms with E-state index in [9.17, 15) is 24.0 Å². The smallest absolute Gasteiger partial charge is 0.323 e. The van der Waals surface area contributed by atoms with Gasteiger partial charge in [-0.2, -0.15) is 0 Å². The minimum Gasteiger partial charge on any atom is -0.459 e. The molecule has 0 aliphatic rings. The second-order valence-corrected chi connectivity index (χ2v) is 12.5. The number of rotatable bonds is 17. The number of esters is 1. The van der Waals surface area contributed by atoms with Crippen LogP contribution in [0, 0.1) is 12.8 Å². The van der Waals surface area contributed by atoms with Crippen LogP contribution in [-0.4, -0.2) is 58.7 Å². The van der Waals surface area contributed by atoms with Crippen LogP contribution in [0.5, 0.6) is 0 Å². The first-order valence-corrected chi connectivity index (χ1v) is 14.9. The SMILES string of the molecule is CCC[C@H](NC(=O)[C@@](N)(CCCC(N)C(=O)OC(C)(C)C)C(=O)C=Cc1ccccc1C)C(=O)N[C@@H](CC(C)C)C(N)=O. The van der Waals surface area contributed by atoms with E-state index in [0.717, 1.165) is 11.1 Å². The summed E-state index contributed by atoms with van der Waals surface area (Å²) in [7, 11) is 0. The van der Waals surface area contributed by atoms with Gasteiger partial charge in [-0.1, -0.05) is 57.5 Å². The van der Waals surface area contributed by atoms with Crippen molar-refractivity contribution in [3.05, 3.63) is 41.5 Å². The van der Waals surface area contributed by atoms with Crippen LogP contribution in [0.4, 0.5) is 0 Å². The van der Waals surface area contributed by atoms with Crippen LogP contribution >= 0.6 is 0 Å². The van der Waals surface area contributed by atoms with E-state index in [1.807, 2.05) is 52.0 Å². The molecule has 0 heterocycles. The molecule has 1 aromatic rings. The standard InChI is InChI=1S/C32H51N5O6/c1-8-12-24(28(40)36-25(27(34)39)19-20(2)3)37-30(42)32(35,18-11-15-23(33)29(41)43-31(5,6)7)26(38)17-16-22-14-10-9-13-21(22)4/h9-10,13-14,16-17,20,23-25H,8,11-12,15,18-19,33,35H2,1-7H3,(H2,34,39)(H,36,40)(H,37,42)/t23?,24-,25-,32+/m0/s1. The lowest BCUT2D eigenvalue weighted by Gasteiger charge is -2.29. The summed E-state index contributed by atoms with van der Waals surface area (Å²) in [6.45, 7) is 12.7. The molecular weight excluding hydrogens is 550 g/mol. The summed E-state index contributed by atoms with van der Waals surface area (Å²) in [4.78, 5) is 64.7. The second-order valence-electron chi connectivity index (χ2n) is 12.5. The number of nitrogens with two attached hydrogens (primary N) is 3. The largest absolute Gasteiger partial charge is 0.459 e. The van der Waals surface area contributed by atoms with E-state index in [2.05, 4.69) is 10.6 Å². The van der Waals surface area contributed by atoms with Crippen LogP contribution in [0.1, 0.15) is 91.2 Å². The van der Waals surface area contributed by atoms with Crippen LogP contribution in [0.3, 0.4) is 0 Å². The Labute approximate surface area is 255 Å². The molecule has 0 fully saturated rings. The number of ether oxygens (including phenoxy) is 1. The highest BCUT2D eigenvalue weighted by Crippen LogP contribution is 2.19. The van der Waals surface area contributed by atoms with Crippen molar-refractivity contribution in [1.29, 1.82) is 0 Å². The molecule has 11 nitrogen and oxygen atoms in total. The molecule has 0 radical (unpaired) electrons. The van der Waals surface area contributed by atoms with Crippen LogP contribution in [0.25, 0.3) is 6.08 Å². The molecule has 1 aromatic carbocycles. The highest BCUT2D eigenvalue weighted by atomic mass is 16.6. The van der Waals surface area contributed by atoms with Gasteiger partial charge in [-0.15, -0.1) is 0 Å². The van der Waals surface area contributed by atoms with E-state index in [0.29, 0.717) is 12.8 Å². The number of aryl methyl sites for hydroxylation is 1. The number of hydrogen-bond donors (Lipinski definition) is 5. The maximum absolute atomic E-state index is 13.7. The second kappa shape index (κ2) is 16.9. The maximum Gasteiger partial charge on any atom is 0.323 e. The van der Waals surface area contributed by atoms with Gasteiger partial charge in [0.05, 0.1) is 0 Å². The van der Waals surface area contributed by atoms with Gasteiger partial charge in [0.25, 0.3) is 0 Å². The topological polar surface area (TPSA) is 197 Å². The Bertz CT molecular complexity index is 1160. The fraction of sp³-hybridized carbons (Fsp3) is 0.594. The first-order chi connectivity index (χ1) is 19.9. The average molecular weight is 602 g/mol. The van der Waals surface area contributed by atoms with Crippen molar-refractivity contribution in [1.82, 2.24) is 10.6 Å². The summed E-state index contributed by atoms with van der Waals surface area (Å²) >= 11 is 0. The zero-order valence-electron chi connectivity index (χ0n) is 26.7. The Morgan fingerprint density at radius 1 is 1.00 bits per heavy atom. The van der Waals surface area contributed by atoms with E-state index in [-0.39, 0.29) is 31.6 Å². The molecule has 3 amide bonds. The van der Waals surface area contributed by atoms with Gasteiger partial charge in [0.1, 0.15) is 23.7 Å². The number of amides is 3. The van der Waals surface area contributed by atoms with Gasteiger partial charge in [0.15, 0.2) is 11.3 Å². The van der Waals surface area contributed by atoms with Crippen molar-refractivity contribution in [2.45, 2.75) is 116 Å². The van der Waals surface area contributed by atoms with E-state index in [1.54, 1.807) is 26.8 Å². The van der Waals surface area contributed by atoms with Gasteiger partial charge in [-0.05, 0) is 82.9 Å². The first kappa shape index (κ1) is 37.5. The minimum absolute atomic E-state index is 0.0819. The molecule has 11 heteroatoms. The average Bonchev–Trinajstić information content (AvgIpc) is 2.90. The van der Waals surface area contributed by atoms with Gasteiger partial charge in [0, 0.05) is 0 Å². The molecule has 0 aromatic heterocycles.